The molecule has 2 nitrogen and oxygen atoms in total. The molecule has 50 heavy (non-hydrogen) atoms. The van der Waals surface area contributed by atoms with Crippen molar-refractivity contribution in [1.29, 1.82) is 0 Å². The molecule has 0 fully saturated rings. The first kappa shape index (κ1) is 46.9. The SMILES string of the molecule is C=CC=O.CCC(C)C.CCCCNCC(C)C.CCCc1cc(-c2ccccc2F)c(Cl)cc1/C(C)=C(/CC)c1ccccc1C(C)(F)F. The van der Waals surface area contributed by atoms with Gasteiger partial charge in [0.15, 0.2) is 0 Å². The van der Waals surface area contributed by atoms with Gasteiger partial charge in [0.1, 0.15) is 12.1 Å². The molecule has 0 atom stereocenters. The fourth-order valence-corrected chi connectivity index (χ4v) is 5.24. The predicted octanol–water partition coefficient (Wildman–Crippen LogP) is 14.0. The molecule has 0 spiro atoms. The monoisotopic (exact) mass is 713 g/mol. The van der Waals surface area contributed by atoms with Crippen LogP contribution in [0.4, 0.5) is 13.2 Å². The Morgan fingerprint density at radius 1 is 0.900 bits per heavy atom. The topological polar surface area (TPSA) is 29.1 Å². The summed E-state index contributed by atoms with van der Waals surface area (Å²) in [5.41, 5.74) is 5.38. The van der Waals surface area contributed by atoms with E-state index in [1.807, 2.05) is 26.0 Å². The molecular weight excluding hydrogens is 651 g/mol. The molecule has 0 saturated carbocycles. The van der Waals surface area contributed by atoms with Gasteiger partial charge in [-0.15, -0.1) is 0 Å². The van der Waals surface area contributed by atoms with Crippen LogP contribution in [0.1, 0.15) is 124 Å². The van der Waals surface area contributed by atoms with Gasteiger partial charge in [0.25, 0.3) is 5.92 Å². The lowest BCUT2D eigenvalue weighted by molar-refractivity contribution is -0.104. The molecule has 3 aromatic carbocycles. The molecule has 0 amide bonds. The summed E-state index contributed by atoms with van der Waals surface area (Å²) >= 11 is 6.64. The van der Waals surface area contributed by atoms with Gasteiger partial charge in [0, 0.05) is 28.6 Å². The van der Waals surface area contributed by atoms with Gasteiger partial charge in [0.05, 0.1) is 0 Å². The van der Waals surface area contributed by atoms with Crippen LogP contribution in [0.2, 0.25) is 5.02 Å². The average molecular weight is 714 g/mol. The fourth-order valence-electron chi connectivity index (χ4n) is 4.97. The molecule has 0 radical (unpaired) electrons. The summed E-state index contributed by atoms with van der Waals surface area (Å²) in [6.07, 6.45) is 8.01. The van der Waals surface area contributed by atoms with E-state index < -0.39 is 5.92 Å². The lowest BCUT2D eigenvalue weighted by Crippen LogP contribution is -2.20. The number of hydrogen-bond acceptors (Lipinski definition) is 2. The Morgan fingerprint density at radius 2 is 1.48 bits per heavy atom. The minimum absolute atomic E-state index is 0.0160. The minimum Gasteiger partial charge on any atom is -0.316 e. The number of halogens is 4. The minimum atomic E-state index is -2.95. The van der Waals surface area contributed by atoms with Gasteiger partial charge in [-0.3, -0.25) is 4.79 Å². The quantitative estimate of drug-likeness (QED) is 0.0780. The third kappa shape index (κ3) is 17.2. The van der Waals surface area contributed by atoms with Crippen molar-refractivity contribution in [2.24, 2.45) is 11.8 Å². The molecule has 0 aliphatic heterocycles. The molecule has 0 bridgehead atoms. The van der Waals surface area contributed by atoms with Crippen LogP contribution < -0.4 is 5.32 Å². The molecule has 3 rings (SSSR count). The van der Waals surface area contributed by atoms with Crippen molar-refractivity contribution in [2.45, 2.75) is 114 Å². The number of allylic oxidation sites excluding steroid dienone is 3. The van der Waals surface area contributed by atoms with Gasteiger partial charge in [-0.2, -0.15) is 0 Å². The number of unbranched alkanes of at least 4 members (excludes halogenated alkanes) is 1. The molecule has 0 unspecified atom stereocenters. The number of hydrogen-bond donors (Lipinski definition) is 1. The maximum Gasteiger partial charge on any atom is 0.271 e. The van der Waals surface area contributed by atoms with Crippen LogP contribution in [-0.2, 0) is 17.1 Å². The lowest BCUT2D eigenvalue weighted by Gasteiger charge is -2.21. The maximum absolute atomic E-state index is 14.5. The van der Waals surface area contributed by atoms with Gasteiger partial charge in [0.2, 0.25) is 0 Å². The molecule has 6 heteroatoms. The summed E-state index contributed by atoms with van der Waals surface area (Å²) in [5, 5.41) is 3.82. The average Bonchev–Trinajstić information content (AvgIpc) is 3.08. The number of aldehydes is 1. The van der Waals surface area contributed by atoms with Crippen molar-refractivity contribution in [3.05, 3.63) is 106 Å². The number of carbonyl (C=O) groups is 1. The molecule has 0 aliphatic carbocycles. The number of carbonyl (C=O) groups excluding carboxylic acids is 1. The predicted molar refractivity (Wildman–Crippen MR) is 214 cm³/mol. The second-order valence-corrected chi connectivity index (χ2v) is 13.6. The van der Waals surface area contributed by atoms with Crippen LogP contribution in [0, 0.1) is 17.7 Å². The number of nitrogens with one attached hydrogen (secondary N) is 1. The fraction of sp³-hybridized carbons (Fsp3) is 0.477. The third-order valence-electron chi connectivity index (χ3n) is 7.98. The Labute approximate surface area is 307 Å². The van der Waals surface area contributed by atoms with Crippen molar-refractivity contribution >= 4 is 29.0 Å². The lowest BCUT2D eigenvalue weighted by atomic mass is 9.86. The summed E-state index contributed by atoms with van der Waals surface area (Å²) in [6.45, 7) is 25.7. The van der Waals surface area contributed by atoms with Crippen molar-refractivity contribution in [1.82, 2.24) is 5.32 Å². The van der Waals surface area contributed by atoms with Crippen molar-refractivity contribution < 1.29 is 18.0 Å². The molecule has 1 N–H and O–H groups in total. The van der Waals surface area contributed by atoms with Crippen molar-refractivity contribution in [2.75, 3.05) is 13.1 Å². The first-order chi connectivity index (χ1) is 23.6. The van der Waals surface area contributed by atoms with Crippen LogP contribution in [0.15, 0.2) is 73.3 Å². The van der Waals surface area contributed by atoms with Crippen LogP contribution in [0.25, 0.3) is 22.3 Å². The summed E-state index contributed by atoms with van der Waals surface area (Å²) in [5.74, 6) is -1.60. The van der Waals surface area contributed by atoms with Gasteiger partial charge < -0.3 is 5.32 Å². The highest BCUT2D eigenvalue weighted by Gasteiger charge is 2.28. The van der Waals surface area contributed by atoms with Crippen LogP contribution in [-0.4, -0.2) is 19.4 Å². The molecule has 0 saturated heterocycles. The van der Waals surface area contributed by atoms with Crippen LogP contribution in [0.5, 0.6) is 0 Å². The van der Waals surface area contributed by atoms with E-state index in [-0.39, 0.29) is 11.4 Å². The molecule has 0 heterocycles. The number of alkyl halides is 2. The Kier molecular flexibility index (Phi) is 24.1. The normalized spacial score (nSPS) is 11.4. The van der Waals surface area contributed by atoms with E-state index in [0.29, 0.717) is 34.4 Å². The largest absolute Gasteiger partial charge is 0.316 e. The number of rotatable bonds is 14. The second kappa shape index (κ2) is 25.7. The molecule has 278 valence electrons. The Balaban J connectivity index is 0.00000110. The van der Waals surface area contributed by atoms with E-state index in [2.05, 4.69) is 60.4 Å². The van der Waals surface area contributed by atoms with Crippen molar-refractivity contribution in [3.63, 3.8) is 0 Å². The summed E-state index contributed by atoms with van der Waals surface area (Å²) in [7, 11) is 0. The Morgan fingerprint density at radius 3 is 1.96 bits per heavy atom. The highest BCUT2D eigenvalue weighted by atomic mass is 35.5. The van der Waals surface area contributed by atoms with E-state index in [1.54, 1.807) is 36.4 Å². The standard InChI is InChI=1S/C28H28ClF3.C8H19N.C5H12.C3H4O/c1-5-11-19-16-24(22-13-8-10-15-27(22)30)26(29)17-23(19)18(3)20(6-2)21-12-7-9-14-25(21)28(4,31)32;1-4-5-6-9-7-8(2)3;1-4-5(2)3;1-2-3-4/h7-10,12-17H,5-6,11H2,1-4H3;8-9H,4-7H2,1-3H3;5H,4H2,1-3H3;2-3H,1H2/b20-18-;;;. The van der Waals surface area contributed by atoms with E-state index in [9.17, 15) is 13.2 Å². The third-order valence-corrected chi connectivity index (χ3v) is 8.30. The highest BCUT2D eigenvalue weighted by molar-refractivity contribution is 6.33. The highest BCUT2D eigenvalue weighted by Crippen LogP contribution is 2.40. The maximum atomic E-state index is 14.5. The van der Waals surface area contributed by atoms with E-state index >= 15 is 0 Å². The van der Waals surface area contributed by atoms with Gasteiger partial charge in [-0.05, 0) is 103 Å². The van der Waals surface area contributed by atoms with Crippen molar-refractivity contribution in [3.8, 4) is 11.1 Å². The van der Waals surface area contributed by atoms with Gasteiger partial charge in [-0.1, -0.05) is 135 Å². The molecular formula is C44H63ClF3NO. The molecule has 3 aromatic rings. The van der Waals surface area contributed by atoms with E-state index in [4.69, 9.17) is 16.4 Å². The zero-order valence-corrected chi connectivity index (χ0v) is 33.1. The van der Waals surface area contributed by atoms with Crippen LogP contribution in [0.3, 0.4) is 0 Å². The first-order valence-electron chi connectivity index (χ1n) is 18.2. The number of aryl methyl sites for hydroxylation is 1. The first-order valence-corrected chi connectivity index (χ1v) is 18.5. The smallest absolute Gasteiger partial charge is 0.271 e. The summed E-state index contributed by atoms with van der Waals surface area (Å²) < 4.78 is 43.1. The van der Waals surface area contributed by atoms with Gasteiger partial charge in [-0.25, -0.2) is 13.2 Å². The number of benzene rings is 3. The molecule has 0 aromatic heterocycles. The summed E-state index contributed by atoms with van der Waals surface area (Å²) in [4.78, 5) is 9.06. The van der Waals surface area contributed by atoms with E-state index in [1.165, 1.54) is 50.6 Å². The zero-order chi connectivity index (χ0) is 38.3. The Bertz CT molecular complexity index is 1430. The second-order valence-electron chi connectivity index (χ2n) is 13.2. The zero-order valence-electron chi connectivity index (χ0n) is 32.4. The van der Waals surface area contributed by atoms with Gasteiger partial charge >= 0.3 is 0 Å². The molecule has 0 aliphatic rings. The Hall–Kier alpha value is -3.15. The van der Waals surface area contributed by atoms with E-state index in [0.717, 1.165) is 53.9 Å². The summed E-state index contributed by atoms with van der Waals surface area (Å²) in [6, 6.07) is 17.0. The van der Waals surface area contributed by atoms with Crippen LogP contribution >= 0.6 is 11.6 Å².